The molecule has 2 fully saturated rings. The van der Waals surface area contributed by atoms with Crippen LogP contribution in [-0.2, 0) is 0 Å². The minimum Gasteiger partial charge on any atom is -0.393 e. The summed E-state index contributed by atoms with van der Waals surface area (Å²) in [5, 5.41) is 10.3. The molecule has 0 bridgehead atoms. The number of likely N-dealkylation sites (tertiary alicyclic amines) is 1. The van der Waals surface area contributed by atoms with E-state index in [2.05, 4.69) is 0 Å². The number of benzene rings is 1. The molecule has 0 spiro atoms. The fraction of sp³-hybridized carbons (Fsp3) is 0.611. The maximum absolute atomic E-state index is 12.8. The van der Waals surface area contributed by atoms with E-state index in [4.69, 9.17) is 0 Å². The molecule has 1 saturated carbocycles. The Morgan fingerprint density at radius 3 is 2.76 bits per heavy atom. The van der Waals surface area contributed by atoms with Crippen LogP contribution in [0.3, 0.4) is 0 Å². The Balaban J connectivity index is 1.78. The van der Waals surface area contributed by atoms with Crippen LogP contribution in [0.25, 0.3) is 0 Å². The van der Waals surface area contributed by atoms with Crippen LogP contribution in [0.4, 0.5) is 0 Å². The SMILES string of the molecule is Cc1cccc(C(=O)N2CCCC2C2CCCCC2O)c1. The van der Waals surface area contributed by atoms with Crippen molar-refractivity contribution in [2.24, 2.45) is 5.92 Å². The van der Waals surface area contributed by atoms with Crippen molar-refractivity contribution in [1.29, 1.82) is 0 Å². The van der Waals surface area contributed by atoms with Gasteiger partial charge < -0.3 is 10.0 Å². The molecule has 1 aromatic rings. The van der Waals surface area contributed by atoms with Crippen molar-refractivity contribution in [2.45, 2.75) is 57.6 Å². The van der Waals surface area contributed by atoms with Gasteiger partial charge in [0.05, 0.1) is 6.10 Å². The first kappa shape index (κ1) is 14.6. The molecule has 3 atom stereocenters. The van der Waals surface area contributed by atoms with Gasteiger partial charge in [-0.3, -0.25) is 4.79 Å². The molecule has 0 radical (unpaired) electrons. The molecule has 2 aliphatic rings. The highest BCUT2D eigenvalue weighted by Gasteiger charge is 2.39. The second-order valence-corrected chi connectivity index (χ2v) is 6.59. The van der Waals surface area contributed by atoms with Gasteiger partial charge in [0.15, 0.2) is 0 Å². The number of aliphatic hydroxyl groups is 1. The zero-order valence-corrected chi connectivity index (χ0v) is 12.8. The number of carbonyl (C=O) groups excluding carboxylic acids is 1. The van der Waals surface area contributed by atoms with Crippen LogP contribution < -0.4 is 0 Å². The van der Waals surface area contributed by atoms with E-state index in [1.165, 1.54) is 6.42 Å². The largest absolute Gasteiger partial charge is 0.393 e. The van der Waals surface area contributed by atoms with Crippen LogP contribution in [0, 0.1) is 12.8 Å². The molecule has 1 aliphatic carbocycles. The number of rotatable bonds is 2. The van der Waals surface area contributed by atoms with E-state index < -0.39 is 0 Å². The van der Waals surface area contributed by atoms with Crippen molar-refractivity contribution in [3.63, 3.8) is 0 Å². The van der Waals surface area contributed by atoms with Gasteiger partial charge >= 0.3 is 0 Å². The van der Waals surface area contributed by atoms with Crippen LogP contribution in [0.1, 0.15) is 54.4 Å². The second-order valence-electron chi connectivity index (χ2n) is 6.59. The summed E-state index contributed by atoms with van der Waals surface area (Å²) < 4.78 is 0. The number of carbonyl (C=O) groups is 1. The summed E-state index contributed by atoms with van der Waals surface area (Å²) in [6, 6.07) is 8.07. The lowest BCUT2D eigenvalue weighted by Gasteiger charge is -2.37. The number of nitrogens with zero attached hydrogens (tertiary/aromatic N) is 1. The van der Waals surface area contributed by atoms with Crippen LogP contribution >= 0.6 is 0 Å². The lowest BCUT2D eigenvalue weighted by molar-refractivity contribution is 0.0211. The topological polar surface area (TPSA) is 40.5 Å². The molecular formula is C18H25NO2. The van der Waals surface area contributed by atoms with E-state index >= 15 is 0 Å². The Bertz CT molecular complexity index is 514. The van der Waals surface area contributed by atoms with Gasteiger partial charge in [0.1, 0.15) is 0 Å². The standard InChI is InChI=1S/C18H25NO2/c1-13-6-4-7-14(12-13)18(21)19-11-5-9-16(19)15-8-2-3-10-17(15)20/h4,6-7,12,15-17,20H,2-3,5,8-11H2,1H3. The smallest absolute Gasteiger partial charge is 0.254 e. The van der Waals surface area contributed by atoms with E-state index in [1.54, 1.807) is 0 Å². The lowest BCUT2D eigenvalue weighted by atomic mass is 9.80. The van der Waals surface area contributed by atoms with Crippen LogP contribution in [-0.4, -0.2) is 34.6 Å². The van der Waals surface area contributed by atoms with Crippen molar-refractivity contribution >= 4 is 5.91 Å². The monoisotopic (exact) mass is 287 g/mol. The lowest BCUT2D eigenvalue weighted by Crippen LogP contribution is -2.45. The van der Waals surface area contributed by atoms with Crippen molar-refractivity contribution in [3.05, 3.63) is 35.4 Å². The summed E-state index contributed by atoms with van der Waals surface area (Å²) in [5.41, 5.74) is 1.90. The predicted molar refractivity (Wildman–Crippen MR) is 83.2 cm³/mol. The Labute approximate surface area is 127 Å². The first-order valence-electron chi connectivity index (χ1n) is 8.22. The number of aryl methyl sites for hydroxylation is 1. The Kier molecular flexibility index (Phi) is 4.29. The zero-order chi connectivity index (χ0) is 14.8. The first-order valence-corrected chi connectivity index (χ1v) is 8.22. The molecule has 1 aromatic carbocycles. The van der Waals surface area contributed by atoms with Crippen molar-refractivity contribution in [2.75, 3.05) is 6.54 Å². The quantitative estimate of drug-likeness (QED) is 0.907. The molecule has 1 N–H and O–H groups in total. The van der Waals surface area contributed by atoms with Crippen LogP contribution in [0.2, 0.25) is 0 Å². The number of amides is 1. The molecule has 1 saturated heterocycles. The average molecular weight is 287 g/mol. The van der Waals surface area contributed by atoms with E-state index in [9.17, 15) is 9.90 Å². The maximum atomic E-state index is 12.8. The fourth-order valence-corrected chi connectivity index (χ4v) is 4.02. The van der Waals surface area contributed by atoms with Gasteiger partial charge in [-0.05, 0) is 44.7 Å². The van der Waals surface area contributed by atoms with Gasteiger partial charge in [0.2, 0.25) is 0 Å². The summed E-state index contributed by atoms with van der Waals surface area (Å²) in [5.74, 6) is 0.411. The third-order valence-corrected chi connectivity index (χ3v) is 5.10. The zero-order valence-electron chi connectivity index (χ0n) is 12.8. The average Bonchev–Trinajstić information content (AvgIpc) is 2.96. The summed E-state index contributed by atoms with van der Waals surface area (Å²) in [6.07, 6.45) is 6.14. The highest BCUT2D eigenvalue weighted by molar-refractivity contribution is 5.94. The van der Waals surface area contributed by atoms with Crippen LogP contribution in [0.15, 0.2) is 24.3 Å². The fourth-order valence-electron chi connectivity index (χ4n) is 4.02. The Morgan fingerprint density at radius 1 is 1.19 bits per heavy atom. The molecule has 3 nitrogen and oxygen atoms in total. The molecule has 0 aromatic heterocycles. The molecule has 1 heterocycles. The molecular weight excluding hydrogens is 262 g/mol. The van der Waals surface area contributed by atoms with Gasteiger partial charge in [-0.25, -0.2) is 0 Å². The third-order valence-electron chi connectivity index (χ3n) is 5.10. The second kappa shape index (κ2) is 6.18. The van der Waals surface area contributed by atoms with Gasteiger partial charge in [-0.15, -0.1) is 0 Å². The van der Waals surface area contributed by atoms with Crippen molar-refractivity contribution in [3.8, 4) is 0 Å². The summed E-state index contributed by atoms with van der Waals surface area (Å²) in [7, 11) is 0. The highest BCUT2D eigenvalue weighted by atomic mass is 16.3. The van der Waals surface area contributed by atoms with E-state index in [-0.39, 0.29) is 24.0 Å². The minimum atomic E-state index is -0.227. The van der Waals surface area contributed by atoms with Gasteiger partial charge in [0.25, 0.3) is 5.91 Å². The van der Waals surface area contributed by atoms with E-state index in [1.807, 2.05) is 36.1 Å². The van der Waals surface area contributed by atoms with Crippen molar-refractivity contribution < 1.29 is 9.90 Å². The van der Waals surface area contributed by atoms with Gasteiger partial charge in [0, 0.05) is 24.1 Å². The number of hydrogen-bond donors (Lipinski definition) is 1. The first-order chi connectivity index (χ1) is 10.2. The number of aliphatic hydroxyl groups excluding tert-OH is 1. The minimum absolute atomic E-state index is 0.138. The van der Waals surface area contributed by atoms with Gasteiger partial charge in [-0.2, -0.15) is 0 Å². The summed E-state index contributed by atoms with van der Waals surface area (Å²) >= 11 is 0. The summed E-state index contributed by atoms with van der Waals surface area (Å²) in [6.45, 7) is 2.85. The molecule has 1 aliphatic heterocycles. The molecule has 3 heteroatoms. The Morgan fingerprint density at radius 2 is 2.00 bits per heavy atom. The van der Waals surface area contributed by atoms with E-state index in [0.717, 1.165) is 49.8 Å². The van der Waals surface area contributed by atoms with E-state index in [0.29, 0.717) is 0 Å². The summed E-state index contributed by atoms with van der Waals surface area (Å²) in [4.78, 5) is 14.8. The normalized spacial score (nSPS) is 29.6. The van der Waals surface area contributed by atoms with Crippen LogP contribution in [0.5, 0.6) is 0 Å². The highest BCUT2D eigenvalue weighted by Crippen LogP contribution is 2.35. The Hall–Kier alpha value is -1.35. The van der Waals surface area contributed by atoms with Crippen molar-refractivity contribution in [1.82, 2.24) is 4.90 Å². The molecule has 114 valence electrons. The molecule has 3 rings (SSSR count). The molecule has 21 heavy (non-hydrogen) atoms. The molecule has 3 unspecified atom stereocenters. The molecule has 1 amide bonds. The maximum Gasteiger partial charge on any atom is 0.254 e. The van der Waals surface area contributed by atoms with Gasteiger partial charge in [-0.1, -0.05) is 30.5 Å². The number of hydrogen-bond acceptors (Lipinski definition) is 2. The third kappa shape index (κ3) is 2.98. The predicted octanol–water partition coefficient (Wildman–Crippen LogP) is 3.15.